The molecule has 0 spiro atoms. The second-order valence-corrected chi connectivity index (χ2v) is 6.99. The number of nitrogens with zero attached hydrogens (tertiary/aromatic N) is 1. The van der Waals surface area contributed by atoms with E-state index in [0.717, 1.165) is 12.1 Å². The van der Waals surface area contributed by atoms with Gasteiger partial charge in [0, 0.05) is 20.0 Å². The summed E-state index contributed by atoms with van der Waals surface area (Å²) in [6, 6.07) is 13.7. The first-order valence-corrected chi connectivity index (χ1v) is 8.94. The second-order valence-electron chi connectivity index (χ2n) is 6.99. The highest BCUT2D eigenvalue weighted by atomic mass is 19.4. The number of carbonyl (C=O) groups excluding carboxylic acids is 1. The molecule has 2 aromatic carbocycles. The lowest BCUT2D eigenvalue weighted by Crippen LogP contribution is -2.45. The Balaban J connectivity index is 2.04. The Morgan fingerprint density at radius 1 is 0.963 bits per heavy atom. The molecule has 6 heteroatoms. The molecule has 1 saturated heterocycles. The van der Waals surface area contributed by atoms with Crippen LogP contribution in [0.25, 0.3) is 0 Å². The van der Waals surface area contributed by atoms with Gasteiger partial charge in [0.15, 0.2) is 0 Å². The van der Waals surface area contributed by atoms with Crippen molar-refractivity contribution in [3.05, 3.63) is 71.3 Å². The third-order valence-electron chi connectivity index (χ3n) is 5.38. The van der Waals surface area contributed by atoms with Crippen LogP contribution in [0.15, 0.2) is 54.6 Å². The van der Waals surface area contributed by atoms with Crippen LogP contribution in [0.1, 0.15) is 36.5 Å². The van der Waals surface area contributed by atoms with Crippen molar-refractivity contribution in [1.29, 1.82) is 0 Å². The molecule has 27 heavy (non-hydrogen) atoms. The van der Waals surface area contributed by atoms with Crippen LogP contribution in [0.4, 0.5) is 13.2 Å². The summed E-state index contributed by atoms with van der Waals surface area (Å²) in [5.74, 6) is -0.324. The summed E-state index contributed by atoms with van der Waals surface area (Å²) in [7, 11) is 0. The van der Waals surface area contributed by atoms with E-state index in [0.29, 0.717) is 31.5 Å². The van der Waals surface area contributed by atoms with Crippen molar-refractivity contribution in [2.45, 2.75) is 31.5 Å². The van der Waals surface area contributed by atoms with Crippen LogP contribution >= 0.6 is 0 Å². The maximum atomic E-state index is 13.2. The molecule has 0 aliphatic carbocycles. The number of halogens is 3. The fourth-order valence-electron chi connectivity index (χ4n) is 3.88. The van der Waals surface area contributed by atoms with Gasteiger partial charge in [-0.25, -0.2) is 0 Å². The van der Waals surface area contributed by atoms with Gasteiger partial charge in [-0.15, -0.1) is 0 Å². The maximum absolute atomic E-state index is 13.2. The third kappa shape index (κ3) is 3.86. The summed E-state index contributed by atoms with van der Waals surface area (Å²) in [6.07, 6.45) is -3.45. The first-order chi connectivity index (χ1) is 12.7. The van der Waals surface area contributed by atoms with Crippen molar-refractivity contribution in [3.8, 4) is 0 Å². The largest absolute Gasteiger partial charge is 0.416 e. The molecule has 3 rings (SSSR count). The highest BCUT2D eigenvalue weighted by Crippen LogP contribution is 2.43. The first kappa shape index (κ1) is 19.4. The molecule has 1 amide bonds. The Bertz CT molecular complexity index is 799. The van der Waals surface area contributed by atoms with E-state index in [1.54, 1.807) is 41.3 Å². The van der Waals surface area contributed by atoms with Gasteiger partial charge in [0.25, 0.3) is 0 Å². The summed E-state index contributed by atoms with van der Waals surface area (Å²) in [6.45, 7) is 2.46. The Morgan fingerprint density at radius 2 is 1.52 bits per heavy atom. The van der Waals surface area contributed by atoms with Crippen LogP contribution in [0, 0.1) is 5.92 Å². The van der Waals surface area contributed by atoms with E-state index in [1.807, 2.05) is 0 Å². The number of alkyl halides is 3. The monoisotopic (exact) mass is 377 g/mol. The molecular formula is C21H22F3NO2. The summed E-state index contributed by atoms with van der Waals surface area (Å²) < 4.78 is 39.6. The Kier molecular flexibility index (Phi) is 5.29. The average molecular weight is 377 g/mol. The predicted molar refractivity (Wildman–Crippen MR) is 95.9 cm³/mol. The molecule has 1 N–H and O–H groups in total. The Morgan fingerprint density at radius 3 is 2.07 bits per heavy atom. The van der Waals surface area contributed by atoms with E-state index >= 15 is 0 Å². The smallest absolute Gasteiger partial charge is 0.380 e. The van der Waals surface area contributed by atoms with Crippen LogP contribution < -0.4 is 0 Å². The van der Waals surface area contributed by atoms with Gasteiger partial charge < -0.3 is 10.0 Å². The Labute approximate surface area is 156 Å². The quantitative estimate of drug-likeness (QED) is 0.871. The summed E-state index contributed by atoms with van der Waals surface area (Å²) in [4.78, 5) is 13.3. The van der Waals surface area contributed by atoms with Gasteiger partial charge in [0.05, 0.1) is 5.56 Å². The number of piperidine rings is 1. The van der Waals surface area contributed by atoms with E-state index in [9.17, 15) is 23.1 Å². The molecule has 0 radical (unpaired) electrons. The molecule has 1 aliphatic rings. The van der Waals surface area contributed by atoms with Gasteiger partial charge in [-0.3, -0.25) is 4.79 Å². The van der Waals surface area contributed by atoms with E-state index < -0.39 is 17.3 Å². The van der Waals surface area contributed by atoms with Crippen molar-refractivity contribution >= 4 is 5.91 Å². The van der Waals surface area contributed by atoms with Crippen molar-refractivity contribution in [3.63, 3.8) is 0 Å². The second kappa shape index (κ2) is 7.35. The summed E-state index contributed by atoms with van der Waals surface area (Å²) >= 11 is 0. The molecule has 2 aromatic rings. The average Bonchev–Trinajstić information content (AvgIpc) is 2.67. The van der Waals surface area contributed by atoms with Crippen LogP contribution in [0.3, 0.4) is 0 Å². The highest BCUT2D eigenvalue weighted by Gasteiger charge is 2.43. The van der Waals surface area contributed by atoms with Gasteiger partial charge in [-0.2, -0.15) is 13.2 Å². The summed E-state index contributed by atoms with van der Waals surface area (Å²) in [5.41, 5.74) is -1.54. The van der Waals surface area contributed by atoms with Crippen LogP contribution in [-0.2, 0) is 16.6 Å². The molecule has 1 atom stereocenters. The molecule has 1 heterocycles. The van der Waals surface area contributed by atoms with E-state index in [-0.39, 0.29) is 17.4 Å². The van der Waals surface area contributed by atoms with Crippen molar-refractivity contribution in [1.82, 2.24) is 4.90 Å². The minimum absolute atomic E-state index is 0.0317. The van der Waals surface area contributed by atoms with Crippen LogP contribution in [0.5, 0.6) is 0 Å². The number of amides is 1. The lowest BCUT2D eigenvalue weighted by atomic mass is 9.71. The number of hydrogen-bond donors (Lipinski definition) is 1. The fourth-order valence-corrected chi connectivity index (χ4v) is 3.88. The fraction of sp³-hybridized carbons (Fsp3) is 0.381. The van der Waals surface area contributed by atoms with Gasteiger partial charge >= 0.3 is 6.18 Å². The molecule has 1 aliphatic heterocycles. The number of likely N-dealkylation sites (tertiary alicyclic amines) is 1. The third-order valence-corrected chi connectivity index (χ3v) is 5.38. The number of hydrogen-bond acceptors (Lipinski definition) is 2. The SMILES string of the molecule is CC(=O)N1CCC(C(O)(c2ccccc2)c2cccc(C(F)(F)F)c2)CC1. The lowest BCUT2D eigenvalue weighted by Gasteiger charge is -2.42. The number of carbonyl (C=O) groups is 1. The van der Waals surface area contributed by atoms with Gasteiger partial charge in [-0.1, -0.05) is 42.5 Å². The highest BCUT2D eigenvalue weighted by molar-refractivity contribution is 5.73. The molecule has 3 nitrogen and oxygen atoms in total. The topological polar surface area (TPSA) is 40.5 Å². The van der Waals surface area contributed by atoms with Gasteiger partial charge in [0.1, 0.15) is 5.60 Å². The standard InChI is InChI=1S/C21H22F3NO2/c1-15(26)25-12-10-17(11-13-25)20(27,16-6-3-2-4-7-16)18-8-5-9-19(14-18)21(22,23)24/h2-9,14,17,27H,10-13H2,1H3. The molecule has 0 bridgehead atoms. The zero-order valence-corrected chi connectivity index (χ0v) is 15.0. The zero-order valence-electron chi connectivity index (χ0n) is 15.0. The molecule has 1 fully saturated rings. The Hall–Kier alpha value is -2.34. The van der Waals surface area contributed by atoms with E-state index in [2.05, 4.69) is 0 Å². The van der Waals surface area contributed by atoms with E-state index in [1.165, 1.54) is 13.0 Å². The number of aliphatic hydroxyl groups is 1. The van der Waals surface area contributed by atoms with Crippen molar-refractivity contribution < 1.29 is 23.1 Å². The maximum Gasteiger partial charge on any atom is 0.416 e. The molecular weight excluding hydrogens is 355 g/mol. The first-order valence-electron chi connectivity index (χ1n) is 8.94. The molecule has 0 aromatic heterocycles. The van der Waals surface area contributed by atoms with Crippen molar-refractivity contribution in [2.24, 2.45) is 5.92 Å². The van der Waals surface area contributed by atoms with E-state index in [4.69, 9.17) is 0 Å². The summed E-state index contributed by atoms with van der Waals surface area (Å²) in [5, 5.41) is 11.7. The molecule has 0 saturated carbocycles. The molecule has 144 valence electrons. The molecule has 1 unspecified atom stereocenters. The minimum atomic E-state index is -4.48. The van der Waals surface area contributed by atoms with Gasteiger partial charge in [0.2, 0.25) is 5.91 Å². The minimum Gasteiger partial charge on any atom is -0.380 e. The number of rotatable bonds is 3. The lowest BCUT2D eigenvalue weighted by molar-refractivity contribution is -0.138. The zero-order chi connectivity index (χ0) is 19.7. The van der Waals surface area contributed by atoms with Crippen molar-refractivity contribution in [2.75, 3.05) is 13.1 Å². The predicted octanol–water partition coefficient (Wildman–Crippen LogP) is 4.20. The van der Waals surface area contributed by atoms with Crippen LogP contribution in [0.2, 0.25) is 0 Å². The van der Waals surface area contributed by atoms with Gasteiger partial charge in [-0.05, 0) is 42.0 Å². The number of benzene rings is 2. The van der Waals surface area contributed by atoms with Crippen LogP contribution in [-0.4, -0.2) is 29.0 Å². The normalized spacial score (nSPS) is 18.2.